The molecule has 19 heavy (non-hydrogen) atoms. The number of hydrogen-bond acceptors (Lipinski definition) is 2. The van der Waals surface area contributed by atoms with E-state index >= 15 is 0 Å². The quantitative estimate of drug-likeness (QED) is 0.685. The van der Waals surface area contributed by atoms with Crippen molar-refractivity contribution in [3.05, 3.63) is 72.3 Å². The summed E-state index contributed by atoms with van der Waals surface area (Å²) in [5, 5.41) is 11.9. The van der Waals surface area contributed by atoms with Gasteiger partial charge in [0, 0.05) is 10.6 Å². The SMILES string of the molecule is Oc1ccc(CSc2cccc3ccccc23)cc1. The van der Waals surface area contributed by atoms with E-state index in [9.17, 15) is 5.11 Å². The molecule has 0 fully saturated rings. The van der Waals surface area contributed by atoms with E-state index in [1.807, 2.05) is 23.9 Å². The van der Waals surface area contributed by atoms with Crippen LogP contribution in [0.4, 0.5) is 0 Å². The van der Waals surface area contributed by atoms with Crippen LogP contribution < -0.4 is 0 Å². The van der Waals surface area contributed by atoms with Crippen LogP contribution in [0.3, 0.4) is 0 Å². The van der Waals surface area contributed by atoms with Crippen LogP contribution in [0.25, 0.3) is 10.8 Å². The first kappa shape index (κ1) is 12.1. The van der Waals surface area contributed by atoms with Gasteiger partial charge in [-0.05, 0) is 34.5 Å². The lowest BCUT2D eigenvalue weighted by atomic mass is 10.1. The molecule has 0 heterocycles. The van der Waals surface area contributed by atoms with Crippen LogP contribution in [0.15, 0.2) is 71.6 Å². The van der Waals surface area contributed by atoms with Crippen molar-refractivity contribution in [2.75, 3.05) is 0 Å². The molecular formula is C17H14OS. The van der Waals surface area contributed by atoms with Gasteiger partial charge in [-0.3, -0.25) is 0 Å². The molecule has 0 atom stereocenters. The van der Waals surface area contributed by atoms with Crippen LogP contribution in [0.2, 0.25) is 0 Å². The summed E-state index contributed by atoms with van der Waals surface area (Å²) in [6, 6.07) is 22.2. The smallest absolute Gasteiger partial charge is 0.115 e. The van der Waals surface area contributed by atoms with Gasteiger partial charge in [0.15, 0.2) is 0 Å². The number of hydrogen-bond donors (Lipinski definition) is 1. The van der Waals surface area contributed by atoms with Crippen molar-refractivity contribution in [3.63, 3.8) is 0 Å². The second-order valence-electron chi connectivity index (χ2n) is 4.43. The Morgan fingerprint density at radius 2 is 1.53 bits per heavy atom. The predicted octanol–water partition coefficient (Wildman–Crippen LogP) is 4.84. The van der Waals surface area contributed by atoms with E-state index in [0.717, 1.165) is 5.75 Å². The number of benzene rings is 3. The van der Waals surface area contributed by atoms with E-state index in [4.69, 9.17) is 0 Å². The first-order chi connectivity index (χ1) is 9.33. The minimum Gasteiger partial charge on any atom is -0.508 e. The van der Waals surface area contributed by atoms with Gasteiger partial charge in [-0.15, -0.1) is 11.8 Å². The second-order valence-corrected chi connectivity index (χ2v) is 5.45. The topological polar surface area (TPSA) is 20.2 Å². The van der Waals surface area contributed by atoms with Crippen LogP contribution in [0.1, 0.15) is 5.56 Å². The van der Waals surface area contributed by atoms with E-state index in [-0.39, 0.29) is 0 Å². The highest BCUT2D eigenvalue weighted by Gasteiger charge is 2.01. The summed E-state index contributed by atoms with van der Waals surface area (Å²) in [5.41, 5.74) is 1.22. The largest absolute Gasteiger partial charge is 0.508 e. The zero-order chi connectivity index (χ0) is 13.1. The van der Waals surface area contributed by atoms with Crippen molar-refractivity contribution < 1.29 is 5.11 Å². The number of thioether (sulfide) groups is 1. The minimum absolute atomic E-state index is 0.318. The Kier molecular flexibility index (Phi) is 3.43. The molecule has 1 nitrogen and oxygen atoms in total. The predicted molar refractivity (Wildman–Crippen MR) is 81.6 cm³/mol. The Morgan fingerprint density at radius 3 is 2.37 bits per heavy atom. The minimum atomic E-state index is 0.318. The van der Waals surface area contributed by atoms with Gasteiger partial charge in [-0.2, -0.15) is 0 Å². The summed E-state index contributed by atoms with van der Waals surface area (Å²) in [6.45, 7) is 0. The normalized spacial score (nSPS) is 10.7. The maximum absolute atomic E-state index is 9.28. The molecule has 3 rings (SSSR count). The van der Waals surface area contributed by atoms with Gasteiger partial charge in [0.25, 0.3) is 0 Å². The monoisotopic (exact) mass is 266 g/mol. The van der Waals surface area contributed by atoms with Crippen molar-refractivity contribution in [2.24, 2.45) is 0 Å². The lowest BCUT2D eigenvalue weighted by Crippen LogP contribution is -1.81. The van der Waals surface area contributed by atoms with E-state index in [2.05, 4.69) is 42.5 Å². The van der Waals surface area contributed by atoms with Crippen LogP contribution in [0, 0.1) is 0 Å². The molecule has 3 aromatic rings. The van der Waals surface area contributed by atoms with Gasteiger partial charge in [0.2, 0.25) is 0 Å². The average molecular weight is 266 g/mol. The molecule has 2 heteroatoms. The second kappa shape index (κ2) is 5.37. The number of rotatable bonds is 3. The van der Waals surface area contributed by atoms with Crippen molar-refractivity contribution in [2.45, 2.75) is 10.6 Å². The van der Waals surface area contributed by atoms with Gasteiger partial charge in [0.1, 0.15) is 5.75 Å². The van der Waals surface area contributed by atoms with E-state index < -0.39 is 0 Å². The summed E-state index contributed by atoms with van der Waals surface area (Å²) < 4.78 is 0. The standard InChI is InChI=1S/C17H14OS/c18-15-10-8-13(9-11-15)12-19-17-7-3-5-14-4-1-2-6-16(14)17/h1-11,18H,12H2. The molecule has 0 aliphatic heterocycles. The molecule has 0 bridgehead atoms. The van der Waals surface area contributed by atoms with Crippen molar-refractivity contribution in [3.8, 4) is 5.75 Å². The molecular weight excluding hydrogens is 252 g/mol. The van der Waals surface area contributed by atoms with E-state index in [1.165, 1.54) is 21.2 Å². The Hall–Kier alpha value is -1.93. The van der Waals surface area contributed by atoms with Gasteiger partial charge in [-0.25, -0.2) is 0 Å². The highest BCUT2D eigenvalue weighted by molar-refractivity contribution is 7.98. The van der Waals surface area contributed by atoms with Crippen LogP contribution in [-0.2, 0) is 5.75 Å². The Bertz CT molecular complexity index is 684. The summed E-state index contributed by atoms with van der Waals surface area (Å²) >= 11 is 1.83. The van der Waals surface area contributed by atoms with Gasteiger partial charge >= 0.3 is 0 Å². The molecule has 0 saturated carbocycles. The third-order valence-electron chi connectivity index (χ3n) is 3.08. The first-order valence-electron chi connectivity index (χ1n) is 6.21. The highest BCUT2D eigenvalue weighted by Crippen LogP contribution is 2.30. The number of phenolic OH excluding ortho intramolecular Hbond substituents is 1. The maximum Gasteiger partial charge on any atom is 0.115 e. The summed E-state index contributed by atoms with van der Waals surface area (Å²) in [6.07, 6.45) is 0. The molecule has 94 valence electrons. The Labute approximate surface area is 116 Å². The Morgan fingerprint density at radius 1 is 0.789 bits per heavy atom. The van der Waals surface area contributed by atoms with E-state index in [1.54, 1.807) is 12.1 Å². The molecule has 0 amide bonds. The Balaban J connectivity index is 1.84. The van der Waals surface area contributed by atoms with E-state index in [0.29, 0.717) is 5.75 Å². The van der Waals surface area contributed by atoms with Crippen LogP contribution in [0.5, 0.6) is 5.75 Å². The maximum atomic E-state index is 9.28. The van der Waals surface area contributed by atoms with Gasteiger partial charge in [0.05, 0.1) is 0 Å². The zero-order valence-corrected chi connectivity index (χ0v) is 11.2. The number of fused-ring (bicyclic) bond motifs is 1. The van der Waals surface area contributed by atoms with Crippen molar-refractivity contribution in [1.29, 1.82) is 0 Å². The van der Waals surface area contributed by atoms with Crippen molar-refractivity contribution in [1.82, 2.24) is 0 Å². The van der Waals surface area contributed by atoms with Gasteiger partial charge in [-0.1, -0.05) is 48.5 Å². The fourth-order valence-corrected chi connectivity index (χ4v) is 3.11. The fraction of sp³-hybridized carbons (Fsp3) is 0.0588. The summed E-state index contributed by atoms with van der Waals surface area (Å²) in [5.74, 6) is 1.23. The molecule has 0 unspecified atom stereocenters. The molecule has 0 spiro atoms. The number of phenols is 1. The molecule has 3 aromatic carbocycles. The van der Waals surface area contributed by atoms with Crippen LogP contribution >= 0.6 is 11.8 Å². The number of aromatic hydroxyl groups is 1. The third-order valence-corrected chi connectivity index (χ3v) is 4.22. The third kappa shape index (κ3) is 2.74. The fourth-order valence-electron chi connectivity index (χ4n) is 2.07. The molecule has 0 aliphatic carbocycles. The molecule has 1 N–H and O–H groups in total. The highest BCUT2D eigenvalue weighted by atomic mass is 32.2. The molecule has 0 radical (unpaired) electrons. The molecule has 0 aliphatic rings. The molecule has 0 saturated heterocycles. The molecule has 0 aromatic heterocycles. The summed E-state index contributed by atoms with van der Waals surface area (Å²) in [4.78, 5) is 1.30. The first-order valence-corrected chi connectivity index (χ1v) is 7.20. The average Bonchev–Trinajstić information content (AvgIpc) is 2.47. The lowest BCUT2D eigenvalue weighted by Gasteiger charge is -2.06. The van der Waals surface area contributed by atoms with Gasteiger partial charge < -0.3 is 5.11 Å². The van der Waals surface area contributed by atoms with Crippen LogP contribution in [-0.4, -0.2) is 5.11 Å². The van der Waals surface area contributed by atoms with Crippen molar-refractivity contribution >= 4 is 22.5 Å². The lowest BCUT2D eigenvalue weighted by molar-refractivity contribution is 0.475. The zero-order valence-electron chi connectivity index (χ0n) is 10.4. The summed E-state index contributed by atoms with van der Waals surface area (Å²) in [7, 11) is 0.